The molecular formula is C17H15NO. The van der Waals surface area contributed by atoms with Gasteiger partial charge in [-0.3, -0.25) is 0 Å². The van der Waals surface area contributed by atoms with Crippen molar-refractivity contribution in [2.24, 2.45) is 0 Å². The van der Waals surface area contributed by atoms with Gasteiger partial charge in [-0.1, -0.05) is 61.5 Å². The fraction of sp³-hybridized carbons (Fsp3) is 0.118. The lowest BCUT2D eigenvalue weighted by atomic mass is 10.0. The van der Waals surface area contributed by atoms with Crippen molar-refractivity contribution in [2.75, 3.05) is 0 Å². The van der Waals surface area contributed by atoms with Gasteiger partial charge in [-0.15, -0.1) is 0 Å². The molecule has 0 N–H and O–H groups in total. The lowest BCUT2D eigenvalue weighted by Gasteiger charge is -2.03. The topological polar surface area (TPSA) is 26.0 Å². The quantitative estimate of drug-likeness (QED) is 0.679. The van der Waals surface area contributed by atoms with Crippen LogP contribution >= 0.6 is 0 Å². The van der Waals surface area contributed by atoms with Gasteiger partial charge in [0.25, 0.3) is 0 Å². The summed E-state index contributed by atoms with van der Waals surface area (Å²) in [4.78, 5) is 4.29. The summed E-state index contributed by atoms with van der Waals surface area (Å²) in [5.41, 5.74) is 4.49. The molecule has 0 atom stereocenters. The normalized spacial score (nSPS) is 10.6. The number of nitrogens with zero attached hydrogens (tertiary/aromatic N) is 1. The maximum atomic E-state index is 5.37. The first-order valence-electron chi connectivity index (χ1n) is 6.46. The summed E-state index contributed by atoms with van der Waals surface area (Å²) >= 11 is 0. The predicted molar refractivity (Wildman–Crippen MR) is 76.8 cm³/mol. The summed E-state index contributed by atoms with van der Waals surface area (Å²) < 4.78 is 5.37. The molecule has 0 saturated carbocycles. The second-order valence-corrected chi connectivity index (χ2v) is 4.42. The minimum absolute atomic E-state index is 0.857. The number of oxazole rings is 1. The first-order chi connectivity index (χ1) is 9.38. The van der Waals surface area contributed by atoms with Gasteiger partial charge in [0.15, 0.2) is 6.39 Å². The van der Waals surface area contributed by atoms with Gasteiger partial charge >= 0.3 is 0 Å². The van der Waals surface area contributed by atoms with E-state index in [1.54, 1.807) is 0 Å². The molecule has 2 aromatic carbocycles. The molecule has 0 amide bonds. The lowest BCUT2D eigenvalue weighted by molar-refractivity contribution is 0.510. The molecule has 2 heteroatoms. The Hall–Kier alpha value is -2.35. The van der Waals surface area contributed by atoms with E-state index >= 15 is 0 Å². The van der Waals surface area contributed by atoms with Crippen molar-refractivity contribution >= 4 is 0 Å². The number of benzene rings is 2. The molecule has 0 saturated heterocycles. The van der Waals surface area contributed by atoms with E-state index < -0.39 is 0 Å². The SMILES string of the molecule is CCc1ocnc1-c1ccc(-c2ccccc2)cc1. The Bertz CT molecular complexity index is 653. The highest BCUT2D eigenvalue weighted by Gasteiger charge is 2.08. The molecule has 1 aromatic heterocycles. The van der Waals surface area contributed by atoms with E-state index in [4.69, 9.17) is 4.42 Å². The Balaban J connectivity index is 1.96. The van der Waals surface area contributed by atoms with E-state index in [-0.39, 0.29) is 0 Å². The fourth-order valence-electron chi connectivity index (χ4n) is 2.21. The van der Waals surface area contributed by atoms with Gasteiger partial charge in [0.1, 0.15) is 11.5 Å². The van der Waals surface area contributed by atoms with Gasteiger partial charge in [0, 0.05) is 12.0 Å². The Kier molecular flexibility index (Phi) is 3.15. The molecule has 19 heavy (non-hydrogen) atoms. The number of aryl methyl sites for hydroxylation is 1. The van der Waals surface area contributed by atoms with Crippen molar-refractivity contribution in [2.45, 2.75) is 13.3 Å². The number of aromatic nitrogens is 1. The Morgan fingerprint density at radius 1 is 0.842 bits per heavy atom. The minimum atomic E-state index is 0.857. The second kappa shape index (κ2) is 5.11. The molecule has 94 valence electrons. The highest BCUT2D eigenvalue weighted by atomic mass is 16.3. The first kappa shape index (κ1) is 11.7. The summed E-state index contributed by atoms with van der Waals surface area (Å²) in [5.74, 6) is 0.937. The molecule has 0 spiro atoms. The van der Waals surface area contributed by atoms with Crippen LogP contribution in [0, 0.1) is 0 Å². The van der Waals surface area contributed by atoms with Gasteiger partial charge in [-0.25, -0.2) is 4.98 Å². The van der Waals surface area contributed by atoms with Gasteiger partial charge in [-0.05, 0) is 11.1 Å². The lowest BCUT2D eigenvalue weighted by Crippen LogP contribution is -1.84. The van der Waals surface area contributed by atoms with E-state index in [0.29, 0.717) is 0 Å². The predicted octanol–water partition coefficient (Wildman–Crippen LogP) is 4.57. The van der Waals surface area contributed by atoms with Crippen molar-refractivity contribution in [1.82, 2.24) is 4.98 Å². The van der Waals surface area contributed by atoms with Crippen molar-refractivity contribution in [3.8, 4) is 22.4 Å². The van der Waals surface area contributed by atoms with Crippen LogP contribution in [0.2, 0.25) is 0 Å². The molecule has 0 radical (unpaired) electrons. The van der Waals surface area contributed by atoms with E-state index in [9.17, 15) is 0 Å². The zero-order valence-corrected chi connectivity index (χ0v) is 10.8. The van der Waals surface area contributed by atoms with E-state index in [1.807, 2.05) is 6.07 Å². The van der Waals surface area contributed by atoms with Gasteiger partial charge in [-0.2, -0.15) is 0 Å². The van der Waals surface area contributed by atoms with Crippen LogP contribution in [-0.4, -0.2) is 4.98 Å². The summed E-state index contributed by atoms with van der Waals surface area (Å²) in [6, 6.07) is 18.8. The zero-order valence-electron chi connectivity index (χ0n) is 10.8. The summed E-state index contributed by atoms with van der Waals surface area (Å²) in [7, 11) is 0. The smallest absolute Gasteiger partial charge is 0.181 e. The number of hydrogen-bond donors (Lipinski definition) is 0. The maximum Gasteiger partial charge on any atom is 0.181 e. The largest absolute Gasteiger partial charge is 0.448 e. The van der Waals surface area contributed by atoms with Crippen LogP contribution in [0.5, 0.6) is 0 Å². The number of rotatable bonds is 3. The standard InChI is InChI=1S/C17H15NO/c1-2-16-17(18-12-19-16)15-10-8-14(9-11-15)13-6-4-3-5-7-13/h3-12H,2H2,1H3. The number of hydrogen-bond acceptors (Lipinski definition) is 2. The third-order valence-corrected chi connectivity index (χ3v) is 3.23. The average Bonchev–Trinajstić information content (AvgIpc) is 2.97. The van der Waals surface area contributed by atoms with E-state index in [1.165, 1.54) is 17.5 Å². The third-order valence-electron chi connectivity index (χ3n) is 3.23. The fourth-order valence-corrected chi connectivity index (χ4v) is 2.21. The molecule has 1 heterocycles. The monoisotopic (exact) mass is 249 g/mol. The van der Waals surface area contributed by atoms with Crippen LogP contribution < -0.4 is 0 Å². The molecule has 0 fully saturated rings. The highest BCUT2D eigenvalue weighted by molar-refractivity contribution is 5.69. The Morgan fingerprint density at radius 2 is 1.47 bits per heavy atom. The molecule has 0 aliphatic rings. The average molecular weight is 249 g/mol. The molecule has 2 nitrogen and oxygen atoms in total. The molecule has 0 aliphatic heterocycles. The molecule has 3 aromatic rings. The first-order valence-corrected chi connectivity index (χ1v) is 6.46. The molecule has 0 aliphatic carbocycles. The third kappa shape index (κ3) is 2.29. The summed E-state index contributed by atoms with van der Waals surface area (Å²) in [6.07, 6.45) is 2.37. The van der Waals surface area contributed by atoms with Crippen LogP contribution in [0.3, 0.4) is 0 Å². The molecule has 0 bridgehead atoms. The van der Waals surface area contributed by atoms with Crippen LogP contribution in [0.1, 0.15) is 12.7 Å². The van der Waals surface area contributed by atoms with Crippen molar-refractivity contribution < 1.29 is 4.42 Å². The highest BCUT2D eigenvalue weighted by Crippen LogP contribution is 2.26. The second-order valence-electron chi connectivity index (χ2n) is 4.42. The minimum Gasteiger partial charge on any atom is -0.448 e. The van der Waals surface area contributed by atoms with Crippen LogP contribution in [0.15, 0.2) is 65.4 Å². The summed E-state index contributed by atoms with van der Waals surface area (Å²) in [5, 5.41) is 0. The molecule has 3 rings (SSSR count). The van der Waals surface area contributed by atoms with Crippen LogP contribution in [0.25, 0.3) is 22.4 Å². The van der Waals surface area contributed by atoms with E-state index in [2.05, 4.69) is 60.4 Å². The van der Waals surface area contributed by atoms with Gasteiger partial charge in [0.05, 0.1) is 0 Å². The molecular weight excluding hydrogens is 234 g/mol. The van der Waals surface area contributed by atoms with Crippen molar-refractivity contribution in [3.05, 3.63) is 66.8 Å². The van der Waals surface area contributed by atoms with Crippen LogP contribution in [0.4, 0.5) is 0 Å². The summed E-state index contributed by atoms with van der Waals surface area (Å²) in [6.45, 7) is 2.07. The van der Waals surface area contributed by atoms with E-state index in [0.717, 1.165) is 23.4 Å². The Morgan fingerprint density at radius 3 is 2.16 bits per heavy atom. The zero-order chi connectivity index (χ0) is 13.1. The van der Waals surface area contributed by atoms with Crippen molar-refractivity contribution in [3.63, 3.8) is 0 Å². The van der Waals surface area contributed by atoms with Crippen LogP contribution in [-0.2, 0) is 6.42 Å². The van der Waals surface area contributed by atoms with Crippen molar-refractivity contribution in [1.29, 1.82) is 0 Å². The van der Waals surface area contributed by atoms with Gasteiger partial charge in [0.2, 0.25) is 0 Å². The Labute approximate surface area is 112 Å². The van der Waals surface area contributed by atoms with Gasteiger partial charge < -0.3 is 4.42 Å². The maximum absolute atomic E-state index is 5.37. The molecule has 0 unspecified atom stereocenters.